The molecule has 0 fully saturated rings. The van der Waals surface area contributed by atoms with Crippen LogP contribution in [0.25, 0.3) is 0 Å². The van der Waals surface area contributed by atoms with Crippen molar-refractivity contribution in [3.63, 3.8) is 0 Å². The maximum Gasteiger partial charge on any atom is 0.119 e. The monoisotopic (exact) mass is 282 g/mol. The van der Waals surface area contributed by atoms with Gasteiger partial charge in [0.1, 0.15) is 5.75 Å². The van der Waals surface area contributed by atoms with Crippen molar-refractivity contribution < 1.29 is 9.84 Å². The first-order valence-electron chi connectivity index (χ1n) is 7.61. The van der Waals surface area contributed by atoms with Crippen LogP contribution >= 0.6 is 0 Å². The summed E-state index contributed by atoms with van der Waals surface area (Å²) in [4.78, 5) is 0. The molecule has 2 atom stereocenters. The first-order valence-corrected chi connectivity index (χ1v) is 7.61. The predicted octanol–water partition coefficient (Wildman–Crippen LogP) is 4.16. The lowest BCUT2D eigenvalue weighted by molar-refractivity contribution is 0.135. The van der Waals surface area contributed by atoms with Gasteiger partial charge in [-0.3, -0.25) is 0 Å². The van der Waals surface area contributed by atoms with E-state index in [2.05, 4.69) is 24.3 Å². The molecular formula is C19H22O2. The van der Waals surface area contributed by atoms with Crippen molar-refractivity contribution in [1.29, 1.82) is 0 Å². The number of rotatable bonds is 3. The van der Waals surface area contributed by atoms with Crippen molar-refractivity contribution >= 4 is 0 Å². The molecule has 0 radical (unpaired) electrons. The molecule has 2 nitrogen and oxygen atoms in total. The summed E-state index contributed by atoms with van der Waals surface area (Å²) in [5.41, 5.74) is 4.80. The number of benzene rings is 2. The molecule has 110 valence electrons. The summed E-state index contributed by atoms with van der Waals surface area (Å²) in [6.45, 7) is 2.04. The molecule has 0 saturated carbocycles. The molecule has 3 rings (SSSR count). The zero-order valence-corrected chi connectivity index (χ0v) is 12.7. The number of aliphatic hydroxyl groups excluding tert-OH is 1. The van der Waals surface area contributed by atoms with E-state index >= 15 is 0 Å². The van der Waals surface area contributed by atoms with E-state index in [1.807, 2.05) is 25.1 Å². The minimum atomic E-state index is -0.447. The lowest BCUT2D eigenvalue weighted by atomic mass is 9.77. The second-order valence-electron chi connectivity index (χ2n) is 5.86. The van der Waals surface area contributed by atoms with E-state index in [9.17, 15) is 5.11 Å². The highest BCUT2D eigenvalue weighted by molar-refractivity contribution is 5.40. The molecule has 0 spiro atoms. The Morgan fingerprint density at radius 3 is 2.76 bits per heavy atom. The molecule has 2 aromatic carbocycles. The third-order valence-electron chi connectivity index (χ3n) is 4.59. The van der Waals surface area contributed by atoms with Crippen LogP contribution in [-0.2, 0) is 6.42 Å². The van der Waals surface area contributed by atoms with E-state index in [-0.39, 0.29) is 5.92 Å². The Morgan fingerprint density at radius 2 is 2.00 bits per heavy atom. The van der Waals surface area contributed by atoms with Crippen LogP contribution in [0.3, 0.4) is 0 Å². The maximum atomic E-state index is 10.9. The topological polar surface area (TPSA) is 29.5 Å². The Bertz CT molecular complexity index is 633. The van der Waals surface area contributed by atoms with Crippen molar-refractivity contribution in [3.05, 3.63) is 64.7 Å². The minimum absolute atomic E-state index is 0.196. The average molecular weight is 282 g/mol. The molecule has 0 heterocycles. The maximum absolute atomic E-state index is 10.9. The summed E-state index contributed by atoms with van der Waals surface area (Å²) in [6, 6.07) is 14.4. The van der Waals surface area contributed by atoms with E-state index in [4.69, 9.17) is 4.74 Å². The van der Waals surface area contributed by atoms with E-state index in [1.165, 1.54) is 11.1 Å². The molecule has 1 N–H and O–H groups in total. The van der Waals surface area contributed by atoms with Gasteiger partial charge in [-0.05, 0) is 60.6 Å². The fourth-order valence-electron chi connectivity index (χ4n) is 3.44. The van der Waals surface area contributed by atoms with Crippen LogP contribution in [-0.4, -0.2) is 12.2 Å². The molecule has 0 amide bonds. The van der Waals surface area contributed by atoms with Gasteiger partial charge in [0, 0.05) is 5.92 Å². The first kappa shape index (κ1) is 14.2. The summed E-state index contributed by atoms with van der Waals surface area (Å²) in [7, 11) is 1.67. The molecule has 2 aromatic rings. The Kier molecular flexibility index (Phi) is 3.98. The summed E-state index contributed by atoms with van der Waals surface area (Å²) >= 11 is 0. The number of aryl methyl sites for hydroxylation is 2. The molecule has 0 bridgehead atoms. The van der Waals surface area contributed by atoms with Gasteiger partial charge in [0.2, 0.25) is 0 Å². The molecule has 21 heavy (non-hydrogen) atoms. The SMILES string of the molecule is COc1ccc([C@@H](O)[C@@H]2CCCc3ccccc32)c(C)c1. The number of hydrogen-bond donors (Lipinski definition) is 1. The van der Waals surface area contributed by atoms with Crippen LogP contribution in [0.2, 0.25) is 0 Å². The van der Waals surface area contributed by atoms with Crippen molar-refractivity contribution in [2.75, 3.05) is 7.11 Å². The molecule has 0 aromatic heterocycles. The second kappa shape index (κ2) is 5.90. The number of methoxy groups -OCH3 is 1. The largest absolute Gasteiger partial charge is 0.497 e. The molecule has 0 aliphatic heterocycles. The third-order valence-corrected chi connectivity index (χ3v) is 4.59. The fraction of sp³-hybridized carbons (Fsp3) is 0.368. The Balaban J connectivity index is 1.94. The van der Waals surface area contributed by atoms with Gasteiger partial charge in [0.25, 0.3) is 0 Å². The number of aliphatic hydroxyl groups is 1. The van der Waals surface area contributed by atoms with Gasteiger partial charge in [0.15, 0.2) is 0 Å². The van der Waals surface area contributed by atoms with Gasteiger partial charge < -0.3 is 9.84 Å². The third kappa shape index (κ3) is 2.68. The zero-order chi connectivity index (χ0) is 14.8. The zero-order valence-electron chi connectivity index (χ0n) is 12.7. The quantitative estimate of drug-likeness (QED) is 0.916. The predicted molar refractivity (Wildman–Crippen MR) is 84.8 cm³/mol. The lowest BCUT2D eigenvalue weighted by Crippen LogP contribution is -2.17. The molecular weight excluding hydrogens is 260 g/mol. The minimum Gasteiger partial charge on any atom is -0.497 e. The Labute approximate surface area is 126 Å². The molecule has 1 aliphatic rings. The van der Waals surface area contributed by atoms with E-state index in [0.29, 0.717) is 0 Å². The Morgan fingerprint density at radius 1 is 1.19 bits per heavy atom. The van der Waals surface area contributed by atoms with Crippen molar-refractivity contribution in [3.8, 4) is 5.75 Å². The van der Waals surface area contributed by atoms with Gasteiger partial charge in [-0.1, -0.05) is 30.3 Å². The highest BCUT2D eigenvalue weighted by Crippen LogP contribution is 2.41. The van der Waals surface area contributed by atoms with E-state index < -0.39 is 6.10 Å². The van der Waals surface area contributed by atoms with Crippen LogP contribution in [0.15, 0.2) is 42.5 Å². The summed E-state index contributed by atoms with van der Waals surface area (Å²) in [6.07, 6.45) is 2.87. The van der Waals surface area contributed by atoms with Crippen molar-refractivity contribution in [1.82, 2.24) is 0 Å². The summed E-state index contributed by atoms with van der Waals surface area (Å²) in [5, 5.41) is 10.9. The highest BCUT2D eigenvalue weighted by atomic mass is 16.5. The van der Waals surface area contributed by atoms with Crippen LogP contribution in [0.4, 0.5) is 0 Å². The van der Waals surface area contributed by atoms with E-state index in [1.54, 1.807) is 7.11 Å². The van der Waals surface area contributed by atoms with Crippen molar-refractivity contribution in [2.45, 2.75) is 38.2 Å². The summed E-state index contributed by atoms with van der Waals surface area (Å²) < 4.78 is 5.25. The van der Waals surface area contributed by atoms with Gasteiger partial charge in [0.05, 0.1) is 13.2 Å². The fourth-order valence-corrected chi connectivity index (χ4v) is 3.44. The van der Waals surface area contributed by atoms with Crippen molar-refractivity contribution in [2.24, 2.45) is 0 Å². The van der Waals surface area contributed by atoms with Crippen LogP contribution < -0.4 is 4.74 Å². The number of fused-ring (bicyclic) bond motifs is 1. The first-order chi connectivity index (χ1) is 10.2. The molecule has 0 unspecified atom stereocenters. The summed E-state index contributed by atoms with van der Waals surface area (Å²) in [5.74, 6) is 1.04. The smallest absolute Gasteiger partial charge is 0.119 e. The van der Waals surface area contributed by atoms with Crippen LogP contribution in [0.1, 0.15) is 47.1 Å². The highest BCUT2D eigenvalue weighted by Gasteiger charge is 2.28. The molecule has 0 saturated heterocycles. The van der Waals surface area contributed by atoms with Gasteiger partial charge in [-0.15, -0.1) is 0 Å². The standard InChI is InChI=1S/C19H22O2/c1-13-12-15(21-2)10-11-16(13)19(20)18-9-5-7-14-6-3-4-8-17(14)18/h3-4,6,8,10-12,18-20H,5,7,9H2,1-2H3/t18-,19-/m1/s1. The molecule has 2 heteroatoms. The second-order valence-corrected chi connectivity index (χ2v) is 5.86. The van der Waals surface area contributed by atoms with Crippen LogP contribution in [0, 0.1) is 6.92 Å². The normalized spacial score (nSPS) is 18.9. The van der Waals surface area contributed by atoms with Gasteiger partial charge in [-0.2, -0.15) is 0 Å². The number of hydrogen-bond acceptors (Lipinski definition) is 2. The van der Waals surface area contributed by atoms with Gasteiger partial charge in [-0.25, -0.2) is 0 Å². The van der Waals surface area contributed by atoms with Crippen LogP contribution in [0.5, 0.6) is 5.75 Å². The number of ether oxygens (including phenoxy) is 1. The van der Waals surface area contributed by atoms with Gasteiger partial charge >= 0.3 is 0 Å². The van der Waals surface area contributed by atoms with E-state index in [0.717, 1.165) is 36.1 Å². The average Bonchev–Trinajstić information content (AvgIpc) is 2.53. The molecule has 1 aliphatic carbocycles. The Hall–Kier alpha value is -1.80. The lowest BCUT2D eigenvalue weighted by Gasteiger charge is -2.30.